The molecule has 2 rings (SSSR count). The molecule has 16 heavy (non-hydrogen) atoms. The van der Waals surface area contributed by atoms with Crippen molar-refractivity contribution in [2.75, 3.05) is 0 Å². The average Bonchev–Trinajstić information content (AvgIpc) is 2.37. The van der Waals surface area contributed by atoms with Crippen LogP contribution in [0.25, 0.3) is 0 Å². The zero-order valence-electron chi connectivity index (χ0n) is 9.71. The lowest BCUT2D eigenvalue weighted by molar-refractivity contribution is -0.133. The van der Waals surface area contributed by atoms with E-state index in [9.17, 15) is 4.79 Å². The predicted octanol–water partition coefficient (Wildman–Crippen LogP) is 3.32. The highest BCUT2D eigenvalue weighted by molar-refractivity contribution is 6.30. The van der Waals surface area contributed by atoms with Gasteiger partial charge in [0.1, 0.15) is 5.60 Å². The van der Waals surface area contributed by atoms with Crippen LogP contribution in [0, 0.1) is 0 Å². The molecule has 1 fully saturated rings. The second-order valence-corrected chi connectivity index (χ2v) is 5.39. The number of hydrogen-bond donors (Lipinski definition) is 0. The first-order valence-electron chi connectivity index (χ1n) is 5.33. The third kappa shape index (κ3) is 1.87. The lowest BCUT2D eigenvalue weighted by atomic mass is 9.91. The van der Waals surface area contributed by atoms with Crippen LogP contribution in [-0.4, -0.2) is 11.4 Å². The van der Waals surface area contributed by atoms with Crippen LogP contribution in [0.5, 0.6) is 0 Å². The van der Waals surface area contributed by atoms with E-state index in [1.165, 1.54) is 0 Å². The first kappa shape index (κ1) is 11.6. The van der Waals surface area contributed by atoms with Crippen molar-refractivity contribution < 1.29 is 9.53 Å². The van der Waals surface area contributed by atoms with Gasteiger partial charge < -0.3 is 4.74 Å². The van der Waals surface area contributed by atoms with E-state index in [1.807, 2.05) is 45.0 Å². The summed E-state index contributed by atoms with van der Waals surface area (Å²) in [7, 11) is 0. The molecule has 1 saturated heterocycles. The summed E-state index contributed by atoms with van der Waals surface area (Å²) in [5.41, 5.74) is -0.213. The molecular weight excluding hydrogens is 224 g/mol. The average molecular weight is 239 g/mol. The zero-order valence-corrected chi connectivity index (χ0v) is 10.5. The highest BCUT2D eigenvalue weighted by Crippen LogP contribution is 2.41. The quantitative estimate of drug-likeness (QED) is 0.750. The summed E-state index contributed by atoms with van der Waals surface area (Å²) in [5.74, 6) is 0.143. The van der Waals surface area contributed by atoms with Gasteiger partial charge in [-0.05, 0) is 38.5 Å². The molecule has 86 valence electrons. The fourth-order valence-corrected chi connectivity index (χ4v) is 2.26. The molecule has 0 spiro atoms. The van der Waals surface area contributed by atoms with Crippen molar-refractivity contribution in [1.82, 2.24) is 0 Å². The number of halogens is 1. The Labute approximate surface area is 101 Å². The van der Waals surface area contributed by atoms with E-state index in [0.717, 1.165) is 5.56 Å². The highest BCUT2D eigenvalue weighted by Gasteiger charge is 2.48. The fourth-order valence-electron chi connectivity index (χ4n) is 2.14. The highest BCUT2D eigenvalue weighted by atomic mass is 35.5. The predicted molar refractivity (Wildman–Crippen MR) is 63.6 cm³/mol. The van der Waals surface area contributed by atoms with Crippen molar-refractivity contribution in [3.63, 3.8) is 0 Å². The van der Waals surface area contributed by atoms with Crippen LogP contribution < -0.4 is 0 Å². The van der Waals surface area contributed by atoms with E-state index in [0.29, 0.717) is 11.4 Å². The molecule has 0 bridgehead atoms. The molecule has 0 amide bonds. The van der Waals surface area contributed by atoms with Gasteiger partial charge in [-0.3, -0.25) is 4.79 Å². The zero-order chi connectivity index (χ0) is 12.0. The van der Waals surface area contributed by atoms with E-state index >= 15 is 0 Å². The monoisotopic (exact) mass is 238 g/mol. The van der Waals surface area contributed by atoms with Crippen LogP contribution in [0.3, 0.4) is 0 Å². The summed E-state index contributed by atoms with van der Waals surface area (Å²) >= 11 is 5.84. The van der Waals surface area contributed by atoms with Crippen LogP contribution in [0.2, 0.25) is 5.02 Å². The first-order valence-corrected chi connectivity index (χ1v) is 5.71. The summed E-state index contributed by atoms with van der Waals surface area (Å²) < 4.78 is 5.88. The Morgan fingerprint density at radius 2 is 1.75 bits per heavy atom. The lowest BCUT2D eigenvalue weighted by Gasteiger charge is -2.27. The minimum absolute atomic E-state index is 0.143. The molecule has 0 saturated carbocycles. The summed E-state index contributed by atoms with van der Waals surface area (Å²) in [4.78, 5) is 11.8. The molecule has 1 aliphatic rings. The maximum absolute atomic E-state index is 11.8. The van der Waals surface area contributed by atoms with E-state index in [2.05, 4.69) is 0 Å². The Bertz CT molecular complexity index is 422. The molecule has 1 atom stereocenters. The van der Waals surface area contributed by atoms with E-state index in [1.54, 1.807) is 0 Å². The largest absolute Gasteiger partial charge is 0.356 e. The van der Waals surface area contributed by atoms with Crippen LogP contribution in [0.1, 0.15) is 32.8 Å². The number of carbonyl (C=O) groups excluding carboxylic acids is 1. The van der Waals surface area contributed by atoms with Gasteiger partial charge in [-0.1, -0.05) is 23.7 Å². The summed E-state index contributed by atoms with van der Waals surface area (Å²) in [5, 5.41) is 0.691. The van der Waals surface area contributed by atoms with Crippen molar-refractivity contribution in [2.45, 2.75) is 38.4 Å². The van der Waals surface area contributed by atoms with Crippen LogP contribution in [-0.2, 0) is 15.1 Å². The number of hydrogen-bond acceptors (Lipinski definition) is 2. The molecule has 1 aliphatic heterocycles. The Hall–Kier alpha value is -0.860. The number of carbonyl (C=O) groups is 1. The third-order valence-electron chi connectivity index (χ3n) is 3.10. The number of rotatable bonds is 1. The van der Waals surface area contributed by atoms with E-state index < -0.39 is 11.2 Å². The van der Waals surface area contributed by atoms with Crippen LogP contribution >= 0.6 is 11.6 Å². The molecule has 1 aromatic rings. The third-order valence-corrected chi connectivity index (χ3v) is 3.36. The molecule has 0 aliphatic carbocycles. The van der Waals surface area contributed by atoms with Gasteiger partial charge in [0.2, 0.25) is 0 Å². The topological polar surface area (TPSA) is 26.3 Å². The van der Waals surface area contributed by atoms with Crippen LogP contribution in [0.15, 0.2) is 24.3 Å². The van der Waals surface area contributed by atoms with Crippen molar-refractivity contribution in [2.24, 2.45) is 0 Å². The maximum Gasteiger partial charge on any atom is 0.167 e. The standard InChI is InChI=1S/C13H15ClO2/c1-12(2)11(15)8-13(3,16-12)9-4-6-10(14)7-5-9/h4-7H,8H2,1-3H3/t13-/m1/s1. The van der Waals surface area contributed by atoms with Gasteiger partial charge in [0.25, 0.3) is 0 Å². The van der Waals surface area contributed by atoms with E-state index in [-0.39, 0.29) is 5.78 Å². The molecule has 2 nitrogen and oxygen atoms in total. The SMILES string of the molecule is CC1(C)O[C@@](C)(c2ccc(Cl)cc2)CC1=O. The van der Waals surface area contributed by atoms with Gasteiger partial charge in [-0.25, -0.2) is 0 Å². The summed E-state index contributed by atoms with van der Waals surface area (Å²) in [6.07, 6.45) is 0.418. The first-order chi connectivity index (χ1) is 7.33. The Morgan fingerprint density at radius 3 is 2.19 bits per heavy atom. The molecule has 0 N–H and O–H groups in total. The van der Waals surface area contributed by atoms with Crippen molar-refractivity contribution >= 4 is 17.4 Å². The Kier molecular flexibility index (Phi) is 2.59. The number of ketones is 1. The fraction of sp³-hybridized carbons (Fsp3) is 0.462. The molecule has 1 aromatic carbocycles. The van der Waals surface area contributed by atoms with Gasteiger partial charge in [-0.2, -0.15) is 0 Å². The Balaban J connectivity index is 2.35. The van der Waals surface area contributed by atoms with Gasteiger partial charge in [0, 0.05) is 11.4 Å². The minimum atomic E-state index is -0.686. The van der Waals surface area contributed by atoms with Gasteiger partial charge in [0.15, 0.2) is 5.78 Å². The smallest absolute Gasteiger partial charge is 0.167 e. The molecule has 0 aromatic heterocycles. The second kappa shape index (κ2) is 3.57. The summed E-state index contributed by atoms with van der Waals surface area (Å²) in [6, 6.07) is 7.47. The van der Waals surface area contributed by atoms with E-state index in [4.69, 9.17) is 16.3 Å². The van der Waals surface area contributed by atoms with Gasteiger partial charge >= 0.3 is 0 Å². The second-order valence-electron chi connectivity index (χ2n) is 4.95. The van der Waals surface area contributed by atoms with Crippen molar-refractivity contribution in [3.05, 3.63) is 34.9 Å². The number of benzene rings is 1. The number of ether oxygens (including phenoxy) is 1. The maximum atomic E-state index is 11.8. The van der Waals surface area contributed by atoms with Crippen molar-refractivity contribution in [1.29, 1.82) is 0 Å². The van der Waals surface area contributed by atoms with Gasteiger partial charge in [0.05, 0.1) is 5.60 Å². The molecule has 1 heterocycles. The molecular formula is C13H15ClO2. The van der Waals surface area contributed by atoms with Crippen LogP contribution in [0.4, 0.5) is 0 Å². The Morgan fingerprint density at radius 1 is 1.19 bits per heavy atom. The molecule has 0 radical (unpaired) electrons. The van der Waals surface area contributed by atoms with Crippen molar-refractivity contribution in [3.8, 4) is 0 Å². The molecule has 0 unspecified atom stereocenters. The summed E-state index contributed by atoms with van der Waals surface area (Å²) in [6.45, 7) is 5.58. The lowest BCUT2D eigenvalue weighted by Crippen LogP contribution is -2.29. The number of Topliss-reactive ketones (excluding diaryl/α,β-unsaturated/α-hetero) is 1. The normalized spacial score (nSPS) is 28.4. The molecule has 3 heteroatoms. The van der Waals surface area contributed by atoms with Gasteiger partial charge in [-0.15, -0.1) is 0 Å². The minimum Gasteiger partial charge on any atom is -0.356 e.